The number of rotatable bonds is 4. The number of hydrogen-bond donors (Lipinski definition) is 1. The molecule has 0 aromatic heterocycles. The van der Waals surface area contributed by atoms with Crippen LogP contribution in [0.3, 0.4) is 0 Å². The zero-order valence-electron chi connectivity index (χ0n) is 9.14. The van der Waals surface area contributed by atoms with Gasteiger partial charge in [0.05, 0.1) is 35.6 Å². The van der Waals surface area contributed by atoms with Crippen LogP contribution in [0.4, 0.5) is 5.69 Å². The molecular formula is C11H15NO3S. The summed E-state index contributed by atoms with van der Waals surface area (Å²) in [6.07, 6.45) is 0. The van der Waals surface area contributed by atoms with Gasteiger partial charge in [0.2, 0.25) is 0 Å². The van der Waals surface area contributed by atoms with Gasteiger partial charge in [-0.05, 0) is 12.1 Å². The molecule has 5 heteroatoms. The number of sulfone groups is 1. The first-order valence-electron chi connectivity index (χ1n) is 5.29. The van der Waals surface area contributed by atoms with E-state index in [1.807, 2.05) is 6.07 Å². The first-order chi connectivity index (χ1) is 7.63. The highest BCUT2D eigenvalue weighted by molar-refractivity contribution is 7.91. The minimum Gasteiger partial charge on any atom is -0.377 e. The molecule has 0 aliphatic carbocycles. The fourth-order valence-corrected chi connectivity index (χ4v) is 2.61. The van der Waals surface area contributed by atoms with Crippen LogP contribution in [0.2, 0.25) is 0 Å². The molecule has 1 aliphatic heterocycles. The van der Waals surface area contributed by atoms with Crippen LogP contribution in [-0.4, -0.2) is 33.4 Å². The van der Waals surface area contributed by atoms with Crippen molar-refractivity contribution in [3.8, 4) is 0 Å². The van der Waals surface area contributed by atoms with Gasteiger partial charge in [-0.3, -0.25) is 0 Å². The molecule has 1 aliphatic rings. The minimum absolute atomic E-state index is 0.118. The van der Waals surface area contributed by atoms with Gasteiger partial charge in [0.15, 0.2) is 9.84 Å². The van der Waals surface area contributed by atoms with Crippen molar-refractivity contribution in [1.29, 1.82) is 0 Å². The van der Waals surface area contributed by atoms with Crippen molar-refractivity contribution in [2.75, 3.05) is 24.3 Å². The zero-order chi connectivity index (χ0) is 11.6. The fraction of sp³-hybridized carbons (Fsp3) is 0.455. The quantitative estimate of drug-likeness (QED) is 0.863. The van der Waals surface area contributed by atoms with Crippen molar-refractivity contribution in [3.63, 3.8) is 0 Å². The highest BCUT2D eigenvalue weighted by Gasteiger charge is 2.22. The maximum absolute atomic E-state index is 11.8. The van der Waals surface area contributed by atoms with Gasteiger partial charge in [-0.25, -0.2) is 8.42 Å². The third kappa shape index (κ3) is 2.20. The third-order valence-electron chi connectivity index (χ3n) is 2.60. The highest BCUT2D eigenvalue weighted by atomic mass is 32.2. The number of anilines is 1. The smallest absolute Gasteiger partial charge is 0.180 e. The Balaban J connectivity index is 2.29. The molecule has 0 amide bonds. The largest absolute Gasteiger partial charge is 0.377 e. The van der Waals surface area contributed by atoms with Crippen LogP contribution in [0.5, 0.6) is 0 Å². The van der Waals surface area contributed by atoms with E-state index in [4.69, 9.17) is 4.74 Å². The molecule has 1 aromatic carbocycles. The maximum Gasteiger partial charge on any atom is 0.180 e. The molecule has 16 heavy (non-hydrogen) atoms. The molecule has 1 heterocycles. The van der Waals surface area contributed by atoms with Gasteiger partial charge in [0, 0.05) is 0 Å². The van der Waals surface area contributed by atoms with Crippen LogP contribution in [0.15, 0.2) is 29.2 Å². The van der Waals surface area contributed by atoms with Crippen molar-refractivity contribution < 1.29 is 13.2 Å². The molecule has 0 saturated carbocycles. The number of nitrogens with one attached hydrogen (secondary N) is 1. The first-order valence-corrected chi connectivity index (χ1v) is 6.95. The molecule has 4 nitrogen and oxygen atoms in total. The second-order valence-corrected chi connectivity index (χ2v) is 6.02. The average Bonchev–Trinajstić information content (AvgIpc) is 2.24. The second kappa shape index (κ2) is 4.43. The lowest BCUT2D eigenvalue weighted by Crippen LogP contribution is -2.40. The van der Waals surface area contributed by atoms with Crippen molar-refractivity contribution in [1.82, 2.24) is 0 Å². The van der Waals surface area contributed by atoms with Crippen molar-refractivity contribution in [3.05, 3.63) is 24.3 Å². The summed E-state index contributed by atoms with van der Waals surface area (Å²) in [5, 5.41) is 3.18. The molecule has 2 rings (SSSR count). The Labute approximate surface area is 95.5 Å². The molecule has 0 unspecified atom stereocenters. The number of para-hydroxylation sites is 1. The summed E-state index contributed by atoms with van der Waals surface area (Å²) in [6, 6.07) is 7.23. The molecule has 1 aromatic rings. The van der Waals surface area contributed by atoms with Crippen LogP contribution >= 0.6 is 0 Å². The fourth-order valence-electron chi connectivity index (χ4n) is 1.55. The van der Waals surface area contributed by atoms with E-state index in [9.17, 15) is 8.42 Å². The van der Waals surface area contributed by atoms with E-state index in [-0.39, 0.29) is 11.8 Å². The van der Waals surface area contributed by atoms with Crippen LogP contribution < -0.4 is 5.32 Å². The van der Waals surface area contributed by atoms with E-state index in [0.29, 0.717) is 23.8 Å². The molecule has 1 N–H and O–H groups in total. The SMILES string of the molecule is CCS(=O)(=O)c1ccccc1NC1COC1. The molecule has 0 spiro atoms. The predicted octanol–water partition coefficient (Wildman–Crippen LogP) is 1.29. The molecule has 88 valence electrons. The van der Waals surface area contributed by atoms with E-state index in [1.54, 1.807) is 25.1 Å². The Morgan fingerprint density at radius 2 is 2.06 bits per heavy atom. The summed E-state index contributed by atoms with van der Waals surface area (Å²) < 4.78 is 28.7. The lowest BCUT2D eigenvalue weighted by molar-refractivity contribution is 0.0210. The predicted molar refractivity (Wildman–Crippen MR) is 62.4 cm³/mol. The molecule has 1 saturated heterocycles. The van der Waals surface area contributed by atoms with Crippen molar-refractivity contribution in [2.45, 2.75) is 17.9 Å². The summed E-state index contributed by atoms with van der Waals surface area (Å²) in [5.74, 6) is 0.118. The normalized spacial score (nSPS) is 16.8. The average molecular weight is 241 g/mol. The second-order valence-electron chi connectivity index (χ2n) is 3.78. The van der Waals surface area contributed by atoms with E-state index >= 15 is 0 Å². The van der Waals surface area contributed by atoms with Crippen molar-refractivity contribution >= 4 is 15.5 Å². The van der Waals surface area contributed by atoms with Gasteiger partial charge in [-0.2, -0.15) is 0 Å². The molecule has 0 atom stereocenters. The number of hydrogen-bond acceptors (Lipinski definition) is 4. The van der Waals surface area contributed by atoms with E-state index in [0.717, 1.165) is 0 Å². The Hall–Kier alpha value is -1.07. The Kier molecular flexibility index (Phi) is 3.16. The van der Waals surface area contributed by atoms with Crippen LogP contribution in [-0.2, 0) is 14.6 Å². The molecule has 0 bridgehead atoms. The van der Waals surface area contributed by atoms with Gasteiger partial charge in [-0.1, -0.05) is 19.1 Å². The van der Waals surface area contributed by atoms with E-state index in [2.05, 4.69) is 5.32 Å². The van der Waals surface area contributed by atoms with Gasteiger partial charge in [0.1, 0.15) is 0 Å². The molecule has 1 fully saturated rings. The van der Waals surface area contributed by atoms with E-state index in [1.165, 1.54) is 0 Å². The topological polar surface area (TPSA) is 55.4 Å². The van der Waals surface area contributed by atoms with Crippen LogP contribution in [0.1, 0.15) is 6.92 Å². The summed E-state index contributed by atoms with van der Waals surface area (Å²) in [6.45, 7) is 2.93. The number of ether oxygens (including phenoxy) is 1. The van der Waals surface area contributed by atoms with Gasteiger partial charge in [0.25, 0.3) is 0 Å². The lowest BCUT2D eigenvalue weighted by Gasteiger charge is -2.28. The highest BCUT2D eigenvalue weighted by Crippen LogP contribution is 2.23. The summed E-state index contributed by atoms with van der Waals surface area (Å²) in [4.78, 5) is 0.379. The standard InChI is InChI=1S/C11H15NO3S/c1-2-16(13,14)11-6-4-3-5-10(11)12-9-7-15-8-9/h3-6,9,12H,2,7-8H2,1H3. The molecule has 0 radical (unpaired) electrons. The summed E-state index contributed by atoms with van der Waals surface area (Å²) >= 11 is 0. The van der Waals surface area contributed by atoms with Crippen LogP contribution in [0.25, 0.3) is 0 Å². The third-order valence-corrected chi connectivity index (χ3v) is 4.39. The maximum atomic E-state index is 11.8. The Bertz CT molecular complexity index is 466. The zero-order valence-corrected chi connectivity index (χ0v) is 9.96. The van der Waals surface area contributed by atoms with Gasteiger partial charge in [-0.15, -0.1) is 0 Å². The Morgan fingerprint density at radius 1 is 1.38 bits per heavy atom. The van der Waals surface area contributed by atoms with Gasteiger partial charge < -0.3 is 10.1 Å². The monoisotopic (exact) mass is 241 g/mol. The minimum atomic E-state index is -3.16. The summed E-state index contributed by atoms with van der Waals surface area (Å²) in [7, 11) is -3.16. The van der Waals surface area contributed by atoms with E-state index < -0.39 is 9.84 Å². The summed E-state index contributed by atoms with van der Waals surface area (Å²) in [5.41, 5.74) is 0.678. The van der Waals surface area contributed by atoms with Gasteiger partial charge >= 0.3 is 0 Å². The first kappa shape index (κ1) is 11.4. The Morgan fingerprint density at radius 3 is 2.62 bits per heavy atom. The number of benzene rings is 1. The molecular weight excluding hydrogens is 226 g/mol. The lowest BCUT2D eigenvalue weighted by atomic mass is 10.2. The van der Waals surface area contributed by atoms with Crippen molar-refractivity contribution in [2.24, 2.45) is 0 Å². The van der Waals surface area contributed by atoms with Crippen LogP contribution in [0, 0.1) is 0 Å².